The molecule has 96 valence electrons. The first kappa shape index (κ1) is 13.3. The molecule has 0 aromatic heterocycles. The van der Waals surface area contributed by atoms with Gasteiger partial charge in [0.05, 0.1) is 7.11 Å². The van der Waals surface area contributed by atoms with Crippen LogP contribution in [0.15, 0.2) is 42.5 Å². The van der Waals surface area contributed by atoms with Crippen molar-refractivity contribution in [3.63, 3.8) is 0 Å². The maximum absolute atomic E-state index is 12.4. The second-order valence-electron chi connectivity index (χ2n) is 3.91. The number of carbonyl (C=O) groups is 2. The summed E-state index contributed by atoms with van der Waals surface area (Å²) in [6, 6.07) is 11.4. The normalized spacial score (nSPS) is 10.0. The van der Waals surface area contributed by atoms with E-state index in [4.69, 9.17) is 16.3 Å². The van der Waals surface area contributed by atoms with E-state index in [1.807, 2.05) is 0 Å². The molecule has 0 saturated carbocycles. The SMILES string of the molecule is COc1cccc(C(=O)c2cc(Cl)ccc2C=O)c1. The Morgan fingerprint density at radius 3 is 2.68 bits per heavy atom. The number of aldehydes is 1. The van der Waals surface area contributed by atoms with Gasteiger partial charge in [0, 0.05) is 21.7 Å². The number of rotatable bonds is 4. The summed E-state index contributed by atoms with van der Waals surface area (Å²) in [5, 5.41) is 0.414. The highest BCUT2D eigenvalue weighted by molar-refractivity contribution is 6.31. The minimum absolute atomic E-state index is 0.261. The second kappa shape index (κ2) is 5.67. The van der Waals surface area contributed by atoms with Gasteiger partial charge in [0.25, 0.3) is 0 Å². The monoisotopic (exact) mass is 274 g/mol. The average molecular weight is 275 g/mol. The molecule has 0 aliphatic rings. The zero-order valence-electron chi connectivity index (χ0n) is 10.2. The quantitative estimate of drug-likeness (QED) is 0.634. The summed E-state index contributed by atoms with van der Waals surface area (Å²) in [6.45, 7) is 0. The van der Waals surface area contributed by atoms with Gasteiger partial charge in [0.2, 0.25) is 0 Å². The molecular formula is C15H11ClO3. The van der Waals surface area contributed by atoms with Crippen molar-refractivity contribution in [3.8, 4) is 5.75 Å². The van der Waals surface area contributed by atoms with Crippen LogP contribution in [0, 0.1) is 0 Å². The number of methoxy groups -OCH3 is 1. The number of ether oxygens (including phenoxy) is 1. The fourth-order valence-corrected chi connectivity index (χ4v) is 1.92. The molecule has 0 fully saturated rings. The Hall–Kier alpha value is -2.13. The van der Waals surface area contributed by atoms with Crippen LogP contribution in [0.4, 0.5) is 0 Å². The molecule has 0 aliphatic carbocycles. The van der Waals surface area contributed by atoms with Crippen LogP contribution in [-0.2, 0) is 0 Å². The van der Waals surface area contributed by atoms with Gasteiger partial charge < -0.3 is 4.74 Å². The summed E-state index contributed by atoms with van der Waals surface area (Å²) in [4.78, 5) is 23.4. The van der Waals surface area contributed by atoms with Gasteiger partial charge in [-0.15, -0.1) is 0 Å². The Morgan fingerprint density at radius 1 is 1.21 bits per heavy atom. The van der Waals surface area contributed by atoms with Gasteiger partial charge >= 0.3 is 0 Å². The van der Waals surface area contributed by atoms with Gasteiger partial charge in [-0.1, -0.05) is 23.7 Å². The van der Waals surface area contributed by atoms with E-state index >= 15 is 0 Å². The van der Waals surface area contributed by atoms with Gasteiger partial charge in [-0.3, -0.25) is 9.59 Å². The van der Waals surface area contributed by atoms with E-state index < -0.39 is 0 Å². The Labute approximate surface area is 115 Å². The summed E-state index contributed by atoms with van der Waals surface area (Å²) >= 11 is 5.87. The summed E-state index contributed by atoms with van der Waals surface area (Å²) in [7, 11) is 1.53. The molecule has 0 saturated heterocycles. The minimum Gasteiger partial charge on any atom is -0.497 e. The largest absolute Gasteiger partial charge is 0.497 e. The molecule has 2 aromatic rings. The summed E-state index contributed by atoms with van der Waals surface area (Å²) in [5.74, 6) is 0.323. The topological polar surface area (TPSA) is 43.4 Å². The summed E-state index contributed by atoms with van der Waals surface area (Å²) < 4.78 is 5.07. The van der Waals surface area contributed by atoms with Crippen LogP contribution >= 0.6 is 11.6 Å². The van der Waals surface area contributed by atoms with Gasteiger partial charge in [-0.2, -0.15) is 0 Å². The molecule has 0 unspecified atom stereocenters. The van der Waals surface area contributed by atoms with E-state index in [1.165, 1.54) is 19.2 Å². The predicted octanol–water partition coefficient (Wildman–Crippen LogP) is 3.39. The van der Waals surface area contributed by atoms with Crippen molar-refractivity contribution in [2.24, 2.45) is 0 Å². The Kier molecular flexibility index (Phi) is 3.97. The summed E-state index contributed by atoms with van der Waals surface area (Å²) in [5.41, 5.74) is 1.05. The van der Waals surface area contributed by atoms with Crippen LogP contribution in [0.25, 0.3) is 0 Å². The summed E-state index contributed by atoms with van der Waals surface area (Å²) in [6.07, 6.45) is 0.643. The lowest BCUT2D eigenvalue weighted by Crippen LogP contribution is -2.05. The number of ketones is 1. The van der Waals surface area contributed by atoms with Crippen molar-refractivity contribution in [2.75, 3.05) is 7.11 Å². The zero-order chi connectivity index (χ0) is 13.8. The molecule has 0 heterocycles. The molecule has 3 nitrogen and oxygen atoms in total. The van der Waals surface area contributed by atoms with E-state index in [1.54, 1.807) is 30.3 Å². The van der Waals surface area contributed by atoms with Crippen LogP contribution in [0.1, 0.15) is 26.3 Å². The zero-order valence-corrected chi connectivity index (χ0v) is 11.0. The van der Waals surface area contributed by atoms with Crippen molar-refractivity contribution in [3.05, 3.63) is 64.2 Å². The number of benzene rings is 2. The minimum atomic E-state index is -0.261. The van der Waals surface area contributed by atoms with E-state index in [2.05, 4.69) is 0 Å². The van der Waals surface area contributed by atoms with Crippen molar-refractivity contribution < 1.29 is 14.3 Å². The maximum Gasteiger partial charge on any atom is 0.193 e. The van der Waals surface area contributed by atoms with E-state index in [0.29, 0.717) is 28.2 Å². The molecule has 4 heteroatoms. The predicted molar refractivity (Wildman–Crippen MR) is 73.3 cm³/mol. The van der Waals surface area contributed by atoms with Gasteiger partial charge in [-0.25, -0.2) is 0 Å². The average Bonchev–Trinajstić information content (AvgIpc) is 2.46. The van der Waals surface area contributed by atoms with Crippen molar-refractivity contribution in [2.45, 2.75) is 0 Å². The van der Waals surface area contributed by atoms with E-state index in [0.717, 1.165) is 0 Å². The molecule has 19 heavy (non-hydrogen) atoms. The highest BCUT2D eigenvalue weighted by Crippen LogP contribution is 2.21. The smallest absolute Gasteiger partial charge is 0.193 e. The van der Waals surface area contributed by atoms with Crippen molar-refractivity contribution >= 4 is 23.7 Å². The number of hydrogen-bond donors (Lipinski definition) is 0. The standard InChI is InChI=1S/C15H11ClO3/c1-19-13-4-2-3-10(7-13)15(18)14-8-12(16)6-5-11(14)9-17/h2-9H,1H3. The van der Waals surface area contributed by atoms with E-state index in [-0.39, 0.29) is 11.3 Å². The first-order chi connectivity index (χ1) is 9.15. The van der Waals surface area contributed by atoms with Crippen molar-refractivity contribution in [1.29, 1.82) is 0 Å². The van der Waals surface area contributed by atoms with Crippen molar-refractivity contribution in [1.82, 2.24) is 0 Å². The molecule has 0 atom stereocenters. The molecule has 2 rings (SSSR count). The first-order valence-electron chi connectivity index (χ1n) is 5.59. The Morgan fingerprint density at radius 2 is 2.00 bits per heavy atom. The Bertz CT molecular complexity index is 635. The van der Waals surface area contributed by atoms with E-state index in [9.17, 15) is 9.59 Å². The highest BCUT2D eigenvalue weighted by Gasteiger charge is 2.14. The van der Waals surface area contributed by atoms with Crippen LogP contribution < -0.4 is 4.74 Å². The second-order valence-corrected chi connectivity index (χ2v) is 4.35. The number of halogens is 1. The van der Waals surface area contributed by atoms with Crippen LogP contribution in [0.5, 0.6) is 5.75 Å². The molecule has 0 bridgehead atoms. The van der Waals surface area contributed by atoms with Crippen LogP contribution in [0.3, 0.4) is 0 Å². The lowest BCUT2D eigenvalue weighted by Gasteiger charge is -2.06. The molecule has 0 amide bonds. The highest BCUT2D eigenvalue weighted by atomic mass is 35.5. The molecule has 2 aromatic carbocycles. The fourth-order valence-electron chi connectivity index (χ4n) is 1.75. The third kappa shape index (κ3) is 2.83. The molecule has 0 spiro atoms. The van der Waals surface area contributed by atoms with Gasteiger partial charge in [-0.05, 0) is 30.3 Å². The first-order valence-corrected chi connectivity index (χ1v) is 5.97. The fraction of sp³-hybridized carbons (Fsp3) is 0.0667. The lowest BCUT2D eigenvalue weighted by molar-refractivity contribution is 0.102. The van der Waals surface area contributed by atoms with Crippen LogP contribution in [0.2, 0.25) is 5.02 Å². The molecule has 0 N–H and O–H groups in total. The molecular weight excluding hydrogens is 264 g/mol. The lowest BCUT2D eigenvalue weighted by atomic mass is 9.99. The molecule has 0 radical (unpaired) electrons. The number of hydrogen-bond acceptors (Lipinski definition) is 3. The van der Waals surface area contributed by atoms with Gasteiger partial charge in [0.15, 0.2) is 12.1 Å². The number of carbonyl (C=O) groups excluding carboxylic acids is 2. The molecule has 0 aliphatic heterocycles. The van der Waals surface area contributed by atoms with Gasteiger partial charge in [0.1, 0.15) is 5.75 Å². The third-order valence-electron chi connectivity index (χ3n) is 2.72. The van der Waals surface area contributed by atoms with Crippen LogP contribution in [-0.4, -0.2) is 19.2 Å². The Balaban J connectivity index is 2.48. The maximum atomic E-state index is 12.4. The third-order valence-corrected chi connectivity index (χ3v) is 2.95.